The Labute approximate surface area is 143 Å². The fraction of sp³-hybridized carbons (Fsp3) is 0.0526. The molecule has 0 aliphatic rings. The molecule has 0 bridgehead atoms. The lowest BCUT2D eigenvalue weighted by molar-refractivity contribution is 1.14. The van der Waals surface area contributed by atoms with Gasteiger partial charge in [0.25, 0.3) is 5.56 Å². The Hall–Kier alpha value is -3.54. The van der Waals surface area contributed by atoms with Crippen molar-refractivity contribution in [3.63, 3.8) is 0 Å². The van der Waals surface area contributed by atoms with Crippen molar-refractivity contribution in [2.75, 3.05) is 5.32 Å². The zero-order valence-electron chi connectivity index (χ0n) is 13.5. The third-order valence-electron chi connectivity index (χ3n) is 3.95. The average Bonchev–Trinajstić information content (AvgIpc) is 2.64. The Bertz CT molecular complexity index is 1110. The highest BCUT2D eigenvalue weighted by atomic mass is 16.1. The molecule has 0 spiro atoms. The molecule has 25 heavy (non-hydrogen) atoms. The number of H-pyrrole nitrogens is 1. The van der Waals surface area contributed by atoms with Gasteiger partial charge in [-0.25, -0.2) is 4.98 Å². The number of nitrogens with zero attached hydrogens (tertiary/aromatic N) is 3. The molecule has 122 valence electrons. The summed E-state index contributed by atoms with van der Waals surface area (Å²) in [6.45, 7) is 1.99. The highest BCUT2D eigenvalue weighted by Gasteiger charge is 2.12. The third kappa shape index (κ3) is 2.85. The molecule has 0 saturated carbocycles. The van der Waals surface area contributed by atoms with Crippen molar-refractivity contribution in [1.29, 1.82) is 0 Å². The summed E-state index contributed by atoms with van der Waals surface area (Å²) in [4.78, 5) is 28.5. The molecule has 4 rings (SSSR count). The minimum absolute atomic E-state index is 0.255. The van der Waals surface area contributed by atoms with Gasteiger partial charge in [-0.3, -0.25) is 14.8 Å². The molecule has 0 atom stereocenters. The predicted molar refractivity (Wildman–Crippen MR) is 97.9 cm³/mol. The molecule has 4 aromatic rings. The Kier molecular flexibility index (Phi) is 3.70. The van der Waals surface area contributed by atoms with Crippen LogP contribution in [0.3, 0.4) is 0 Å². The molecule has 1 aromatic carbocycles. The van der Waals surface area contributed by atoms with Gasteiger partial charge in [-0.15, -0.1) is 0 Å². The first-order valence-corrected chi connectivity index (χ1v) is 7.85. The summed E-state index contributed by atoms with van der Waals surface area (Å²) in [7, 11) is 0. The van der Waals surface area contributed by atoms with Crippen LogP contribution in [0, 0.1) is 6.92 Å². The van der Waals surface area contributed by atoms with Crippen molar-refractivity contribution in [1.82, 2.24) is 19.9 Å². The number of hydrogen-bond acceptors (Lipinski definition) is 5. The van der Waals surface area contributed by atoms with E-state index in [-0.39, 0.29) is 5.56 Å². The van der Waals surface area contributed by atoms with E-state index in [0.717, 1.165) is 11.3 Å². The fourth-order valence-electron chi connectivity index (χ4n) is 2.70. The first-order chi connectivity index (χ1) is 12.2. The van der Waals surface area contributed by atoms with Crippen LogP contribution in [0.1, 0.15) is 5.56 Å². The van der Waals surface area contributed by atoms with Crippen molar-refractivity contribution in [3.8, 4) is 11.3 Å². The van der Waals surface area contributed by atoms with Gasteiger partial charge in [-0.05, 0) is 36.8 Å². The Morgan fingerprint density at radius 3 is 2.60 bits per heavy atom. The van der Waals surface area contributed by atoms with Gasteiger partial charge in [0.2, 0.25) is 5.95 Å². The van der Waals surface area contributed by atoms with Gasteiger partial charge in [-0.1, -0.05) is 24.3 Å². The van der Waals surface area contributed by atoms with Crippen LogP contribution in [0.4, 0.5) is 11.6 Å². The van der Waals surface area contributed by atoms with Gasteiger partial charge < -0.3 is 5.32 Å². The third-order valence-corrected chi connectivity index (χ3v) is 3.95. The summed E-state index contributed by atoms with van der Waals surface area (Å²) in [6, 6.07) is 15.1. The molecule has 0 aliphatic heterocycles. The second-order valence-corrected chi connectivity index (χ2v) is 5.63. The molecule has 6 heteroatoms. The quantitative estimate of drug-likeness (QED) is 0.601. The first kappa shape index (κ1) is 15.0. The SMILES string of the molecule is Cc1ccccc1Nc1nc2nccc(-c3ccccn3)c2c(=O)[nH]1. The van der Waals surface area contributed by atoms with Gasteiger partial charge in [0, 0.05) is 23.6 Å². The Morgan fingerprint density at radius 1 is 0.960 bits per heavy atom. The number of rotatable bonds is 3. The maximum Gasteiger partial charge on any atom is 0.262 e. The van der Waals surface area contributed by atoms with E-state index in [4.69, 9.17) is 0 Å². The topological polar surface area (TPSA) is 83.6 Å². The second kappa shape index (κ2) is 6.16. The monoisotopic (exact) mass is 329 g/mol. The van der Waals surface area contributed by atoms with Crippen LogP contribution < -0.4 is 10.9 Å². The highest BCUT2D eigenvalue weighted by Crippen LogP contribution is 2.23. The van der Waals surface area contributed by atoms with Gasteiger partial charge in [-0.2, -0.15) is 4.98 Å². The number of aryl methyl sites for hydroxylation is 1. The minimum Gasteiger partial charge on any atom is -0.325 e. The van der Waals surface area contributed by atoms with Gasteiger partial charge in [0.05, 0.1) is 11.1 Å². The van der Waals surface area contributed by atoms with Crippen molar-refractivity contribution in [2.24, 2.45) is 0 Å². The second-order valence-electron chi connectivity index (χ2n) is 5.63. The highest BCUT2D eigenvalue weighted by molar-refractivity contribution is 5.91. The van der Waals surface area contributed by atoms with Crippen molar-refractivity contribution >= 4 is 22.7 Å². The first-order valence-electron chi connectivity index (χ1n) is 7.85. The van der Waals surface area contributed by atoms with E-state index in [2.05, 4.69) is 25.3 Å². The van der Waals surface area contributed by atoms with E-state index in [1.54, 1.807) is 18.5 Å². The molecule has 0 unspecified atom stereocenters. The summed E-state index contributed by atoms with van der Waals surface area (Å²) in [5.41, 5.74) is 3.48. The van der Waals surface area contributed by atoms with Crippen LogP contribution in [0.25, 0.3) is 22.3 Å². The maximum atomic E-state index is 12.7. The van der Waals surface area contributed by atoms with E-state index < -0.39 is 0 Å². The van der Waals surface area contributed by atoms with E-state index in [1.165, 1.54) is 0 Å². The van der Waals surface area contributed by atoms with Crippen molar-refractivity contribution in [2.45, 2.75) is 6.92 Å². The zero-order valence-corrected chi connectivity index (χ0v) is 13.5. The largest absolute Gasteiger partial charge is 0.325 e. The molecule has 0 amide bonds. The lowest BCUT2D eigenvalue weighted by atomic mass is 10.1. The lowest BCUT2D eigenvalue weighted by Gasteiger charge is -2.09. The van der Waals surface area contributed by atoms with Gasteiger partial charge in [0.1, 0.15) is 0 Å². The maximum absolute atomic E-state index is 12.7. The molecule has 3 heterocycles. The molecular weight excluding hydrogens is 314 g/mol. The normalized spacial score (nSPS) is 10.8. The van der Waals surface area contributed by atoms with E-state index >= 15 is 0 Å². The summed E-state index contributed by atoms with van der Waals surface area (Å²) in [6.07, 6.45) is 3.33. The number of benzene rings is 1. The van der Waals surface area contributed by atoms with Gasteiger partial charge in [0.15, 0.2) is 5.65 Å². The summed E-state index contributed by atoms with van der Waals surface area (Å²) >= 11 is 0. The number of pyridine rings is 2. The molecule has 0 radical (unpaired) electrons. The standard InChI is InChI=1S/C19H15N5O/c1-12-6-2-3-7-14(12)22-19-23-17-16(18(25)24-19)13(9-11-21-17)15-8-4-5-10-20-15/h2-11H,1H3,(H2,21,22,23,24,25). The summed E-state index contributed by atoms with van der Waals surface area (Å²) in [5, 5.41) is 3.57. The Balaban J connectivity index is 1.84. The van der Waals surface area contributed by atoms with Crippen LogP contribution in [0.15, 0.2) is 65.7 Å². The molecule has 0 aliphatic carbocycles. The van der Waals surface area contributed by atoms with Crippen LogP contribution >= 0.6 is 0 Å². The molecule has 2 N–H and O–H groups in total. The number of aromatic amines is 1. The average molecular weight is 329 g/mol. The molecule has 0 fully saturated rings. The number of fused-ring (bicyclic) bond motifs is 1. The molecule has 6 nitrogen and oxygen atoms in total. The van der Waals surface area contributed by atoms with Crippen LogP contribution in [-0.4, -0.2) is 19.9 Å². The molecule has 3 aromatic heterocycles. The predicted octanol–water partition coefficient (Wildman–Crippen LogP) is 3.43. The Morgan fingerprint density at radius 2 is 1.80 bits per heavy atom. The van der Waals surface area contributed by atoms with Gasteiger partial charge >= 0.3 is 0 Å². The van der Waals surface area contributed by atoms with Crippen molar-refractivity contribution in [3.05, 3.63) is 76.8 Å². The number of para-hydroxylation sites is 1. The van der Waals surface area contributed by atoms with Crippen LogP contribution in [-0.2, 0) is 0 Å². The van der Waals surface area contributed by atoms with Crippen LogP contribution in [0.2, 0.25) is 0 Å². The number of anilines is 2. The number of nitrogens with one attached hydrogen (secondary N) is 2. The lowest BCUT2D eigenvalue weighted by Crippen LogP contribution is -2.13. The smallest absolute Gasteiger partial charge is 0.262 e. The van der Waals surface area contributed by atoms with E-state index in [9.17, 15) is 4.79 Å². The molecule has 0 saturated heterocycles. The molecular formula is C19H15N5O. The summed E-state index contributed by atoms with van der Waals surface area (Å²) < 4.78 is 0. The van der Waals surface area contributed by atoms with Crippen LogP contribution in [0.5, 0.6) is 0 Å². The summed E-state index contributed by atoms with van der Waals surface area (Å²) in [5.74, 6) is 0.359. The van der Waals surface area contributed by atoms with E-state index in [1.807, 2.05) is 49.4 Å². The number of aromatic nitrogens is 4. The zero-order chi connectivity index (χ0) is 17.2. The fourth-order valence-corrected chi connectivity index (χ4v) is 2.70. The van der Waals surface area contributed by atoms with Crippen molar-refractivity contribution < 1.29 is 0 Å². The number of hydrogen-bond donors (Lipinski definition) is 2. The minimum atomic E-state index is -0.255. The van der Waals surface area contributed by atoms with E-state index in [0.29, 0.717) is 28.2 Å².